The van der Waals surface area contributed by atoms with E-state index >= 15 is 0 Å². The van der Waals surface area contributed by atoms with Gasteiger partial charge in [-0.05, 0) is 24.3 Å². The van der Waals surface area contributed by atoms with Crippen molar-refractivity contribution in [3.8, 4) is 0 Å². The van der Waals surface area contributed by atoms with Gasteiger partial charge in [-0.25, -0.2) is 0 Å². The lowest BCUT2D eigenvalue weighted by atomic mass is 10.2. The summed E-state index contributed by atoms with van der Waals surface area (Å²) in [6.45, 7) is 0. The van der Waals surface area contributed by atoms with Gasteiger partial charge in [0.2, 0.25) is 0 Å². The van der Waals surface area contributed by atoms with E-state index in [2.05, 4.69) is 15.3 Å². The minimum Gasteiger partial charge on any atom is -0.351 e. The summed E-state index contributed by atoms with van der Waals surface area (Å²) in [5.74, 6) is -0.300. The fourth-order valence-corrected chi connectivity index (χ4v) is 3.31. The number of fused-ring (bicyclic) bond motifs is 3. The highest BCUT2D eigenvalue weighted by Gasteiger charge is 2.14. The Morgan fingerprint density at radius 2 is 1.87 bits per heavy atom. The molecule has 2 N–H and O–H groups in total. The summed E-state index contributed by atoms with van der Waals surface area (Å²) in [7, 11) is 0. The summed E-state index contributed by atoms with van der Waals surface area (Å²) in [6, 6.07) is 12.8. The molecule has 0 aliphatic carbocycles. The number of benzene rings is 1. The van der Waals surface area contributed by atoms with Crippen LogP contribution in [0.3, 0.4) is 0 Å². The molecule has 0 spiro atoms. The SMILES string of the molecule is O=C(Nc1ccncc1)c1cc2c([nH]c3ccccc32)c(=O)s1. The van der Waals surface area contributed by atoms with E-state index < -0.39 is 0 Å². The number of carbonyl (C=O) groups is 1. The van der Waals surface area contributed by atoms with Crippen molar-refractivity contribution >= 4 is 44.7 Å². The molecular formula is C17H11N3O2S. The molecule has 23 heavy (non-hydrogen) atoms. The second kappa shape index (κ2) is 5.33. The normalized spacial score (nSPS) is 11.0. The van der Waals surface area contributed by atoms with E-state index in [1.807, 2.05) is 24.3 Å². The largest absolute Gasteiger partial charge is 0.351 e. The molecule has 0 fully saturated rings. The van der Waals surface area contributed by atoms with Crippen LogP contribution in [0.25, 0.3) is 21.8 Å². The van der Waals surface area contributed by atoms with E-state index in [1.54, 1.807) is 30.6 Å². The number of hydrogen-bond donors (Lipinski definition) is 2. The number of pyridine rings is 1. The van der Waals surface area contributed by atoms with Crippen molar-refractivity contribution in [2.45, 2.75) is 0 Å². The number of aromatic amines is 1. The number of carbonyl (C=O) groups excluding carboxylic acids is 1. The predicted molar refractivity (Wildman–Crippen MR) is 92.1 cm³/mol. The fourth-order valence-electron chi connectivity index (χ4n) is 2.53. The van der Waals surface area contributed by atoms with Crippen molar-refractivity contribution in [3.05, 3.63) is 69.3 Å². The molecule has 4 aromatic rings. The lowest BCUT2D eigenvalue weighted by Crippen LogP contribution is -2.12. The second-order valence-electron chi connectivity index (χ2n) is 5.05. The third-order valence-electron chi connectivity index (χ3n) is 3.59. The van der Waals surface area contributed by atoms with Crippen molar-refractivity contribution in [1.29, 1.82) is 0 Å². The van der Waals surface area contributed by atoms with Gasteiger partial charge in [-0.1, -0.05) is 29.5 Å². The standard InChI is InChI=1S/C17H11N3O2S/c21-16(19-10-5-7-18-8-6-10)14-9-12-11-3-1-2-4-13(11)20-15(12)17(22)23-14/h1-9,20H,(H,18,19,21). The highest BCUT2D eigenvalue weighted by molar-refractivity contribution is 7.12. The molecule has 0 aliphatic rings. The van der Waals surface area contributed by atoms with Crippen LogP contribution in [0.4, 0.5) is 5.69 Å². The van der Waals surface area contributed by atoms with Crippen LogP contribution in [0, 0.1) is 0 Å². The summed E-state index contributed by atoms with van der Waals surface area (Å²) in [5, 5.41) is 4.48. The number of anilines is 1. The molecule has 0 aliphatic heterocycles. The van der Waals surface area contributed by atoms with Gasteiger partial charge in [0, 0.05) is 34.4 Å². The molecule has 6 heteroatoms. The minimum absolute atomic E-state index is 0.154. The molecule has 0 radical (unpaired) electrons. The van der Waals surface area contributed by atoms with Crippen molar-refractivity contribution in [3.63, 3.8) is 0 Å². The maximum atomic E-state index is 12.4. The van der Waals surface area contributed by atoms with Crippen LogP contribution in [0.1, 0.15) is 9.67 Å². The van der Waals surface area contributed by atoms with Crippen molar-refractivity contribution in [2.24, 2.45) is 0 Å². The molecule has 4 rings (SSSR count). The number of nitrogens with zero attached hydrogens (tertiary/aromatic N) is 1. The molecule has 3 aromatic heterocycles. The summed E-state index contributed by atoms with van der Waals surface area (Å²) < 4.78 is -0.154. The Hall–Kier alpha value is -2.99. The van der Waals surface area contributed by atoms with Gasteiger partial charge in [0.1, 0.15) is 5.52 Å². The van der Waals surface area contributed by atoms with Crippen molar-refractivity contribution < 1.29 is 4.79 Å². The Morgan fingerprint density at radius 3 is 2.70 bits per heavy atom. The number of hydrogen-bond acceptors (Lipinski definition) is 4. The fraction of sp³-hybridized carbons (Fsp3) is 0. The first-order chi connectivity index (χ1) is 11.2. The van der Waals surface area contributed by atoms with Crippen LogP contribution in [-0.4, -0.2) is 15.9 Å². The lowest BCUT2D eigenvalue weighted by molar-refractivity contribution is 0.103. The van der Waals surface area contributed by atoms with Crippen LogP contribution in [0.5, 0.6) is 0 Å². The third kappa shape index (κ3) is 2.39. The third-order valence-corrected chi connectivity index (χ3v) is 4.50. The second-order valence-corrected chi connectivity index (χ2v) is 6.06. The maximum absolute atomic E-state index is 12.4. The van der Waals surface area contributed by atoms with E-state index in [-0.39, 0.29) is 10.6 Å². The van der Waals surface area contributed by atoms with Gasteiger partial charge in [-0.15, -0.1) is 0 Å². The number of amides is 1. The Bertz CT molecular complexity index is 1080. The molecule has 0 atom stereocenters. The highest BCUT2D eigenvalue weighted by atomic mass is 32.1. The Labute approximate surface area is 134 Å². The highest BCUT2D eigenvalue weighted by Crippen LogP contribution is 2.25. The van der Waals surface area contributed by atoms with Gasteiger partial charge in [0.15, 0.2) is 0 Å². The number of para-hydroxylation sites is 1. The van der Waals surface area contributed by atoms with Gasteiger partial charge < -0.3 is 10.3 Å². The zero-order valence-corrected chi connectivity index (χ0v) is 12.7. The number of nitrogens with one attached hydrogen (secondary N) is 2. The van der Waals surface area contributed by atoms with Crippen LogP contribution in [-0.2, 0) is 0 Å². The molecule has 3 heterocycles. The van der Waals surface area contributed by atoms with Crippen LogP contribution < -0.4 is 10.1 Å². The maximum Gasteiger partial charge on any atom is 0.265 e. The van der Waals surface area contributed by atoms with E-state index in [0.717, 1.165) is 27.6 Å². The van der Waals surface area contributed by atoms with Crippen molar-refractivity contribution in [1.82, 2.24) is 9.97 Å². The molecule has 1 aromatic carbocycles. The zero-order valence-electron chi connectivity index (χ0n) is 11.9. The Balaban J connectivity index is 1.83. The number of aromatic nitrogens is 2. The van der Waals surface area contributed by atoms with Gasteiger partial charge in [-0.2, -0.15) is 0 Å². The van der Waals surface area contributed by atoms with E-state index in [1.165, 1.54) is 0 Å². The average molecular weight is 321 g/mol. The molecule has 0 saturated heterocycles. The van der Waals surface area contributed by atoms with Crippen LogP contribution >= 0.6 is 11.3 Å². The first-order valence-electron chi connectivity index (χ1n) is 6.98. The summed E-state index contributed by atoms with van der Waals surface area (Å²) in [5.41, 5.74) is 2.07. The zero-order chi connectivity index (χ0) is 15.8. The van der Waals surface area contributed by atoms with E-state index in [4.69, 9.17) is 0 Å². The van der Waals surface area contributed by atoms with E-state index in [0.29, 0.717) is 16.1 Å². The average Bonchev–Trinajstić information content (AvgIpc) is 2.95. The predicted octanol–water partition coefficient (Wildman–Crippen LogP) is 3.39. The summed E-state index contributed by atoms with van der Waals surface area (Å²) in [4.78, 5) is 32.1. The number of H-pyrrole nitrogens is 1. The first kappa shape index (κ1) is 13.7. The molecule has 0 saturated carbocycles. The van der Waals surface area contributed by atoms with Gasteiger partial charge in [0.05, 0.1) is 4.88 Å². The lowest BCUT2D eigenvalue weighted by Gasteiger charge is -2.04. The van der Waals surface area contributed by atoms with Gasteiger partial charge in [0.25, 0.3) is 10.6 Å². The monoisotopic (exact) mass is 321 g/mol. The molecular weight excluding hydrogens is 310 g/mol. The molecule has 112 valence electrons. The van der Waals surface area contributed by atoms with Crippen molar-refractivity contribution in [2.75, 3.05) is 5.32 Å². The number of rotatable bonds is 2. The molecule has 5 nitrogen and oxygen atoms in total. The summed E-state index contributed by atoms with van der Waals surface area (Å²) >= 11 is 0.935. The molecule has 0 bridgehead atoms. The van der Waals surface area contributed by atoms with E-state index in [9.17, 15) is 9.59 Å². The first-order valence-corrected chi connectivity index (χ1v) is 7.80. The Morgan fingerprint density at radius 1 is 1.09 bits per heavy atom. The smallest absolute Gasteiger partial charge is 0.265 e. The molecule has 0 unspecified atom stereocenters. The molecule has 1 amide bonds. The Kier molecular flexibility index (Phi) is 3.17. The summed E-state index contributed by atoms with van der Waals surface area (Å²) in [6.07, 6.45) is 3.20. The van der Waals surface area contributed by atoms with Crippen LogP contribution in [0.2, 0.25) is 0 Å². The van der Waals surface area contributed by atoms with Gasteiger partial charge >= 0.3 is 0 Å². The van der Waals surface area contributed by atoms with Gasteiger partial charge in [-0.3, -0.25) is 14.6 Å². The quantitative estimate of drug-likeness (QED) is 0.594. The topological polar surface area (TPSA) is 74.8 Å². The van der Waals surface area contributed by atoms with Crippen LogP contribution in [0.15, 0.2) is 59.7 Å². The minimum atomic E-state index is -0.300.